The Morgan fingerprint density at radius 3 is 2.75 bits per heavy atom. The topological polar surface area (TPSA) is 72.2 Å². The molecule has 0 spiro atoms. The fraction of sp³-hybridized carbons (Fsp3) is 0.294. The van der Waals surface area contributed by atoms with Gasteiger partial charge in [0.15, 0.2) is 5.65 Å². The van der Waals surface area contributed by atoms with E-state index in [4.69, 9.17) is 0 Å². The van der Waals surface area contributed by atoms with Crippen LogP contribution in [-0.2, 0) is 17.8 Å². The number of carbonyl (C=O) groups excluding carboxylic acids is 1. The Bertz CT molecular complexity index is 873. The van der Waals surface area contributed by atoms with Gasteiger partial charge < -0.3 is 5.32 Å². The molecule has 7 heteroatoms. The zero-order chi connectivity index (χ0) is 17.1. The quantitative estimate of drug-likeness (QED) is 0.779. The fourth-order valence-electron chi connectivity index (χ4n) is 2.68. The highest BCUT2D eigenvalue weighted by molar-refractivity contribution is 5.76. The number of amides is 1. The minimum absolute atomic E-state index is 0.0561. The molecule has 3 aromatic rings. The van der Waals surface area contributed by atoms with Crippen LogP contribution in [0.4, 0.5) is 4.39 Å². The molecule has 0 saturated heterocycles. The maximum Gasteiger partial charge on any atom is 0.220 e. The van der Waals surface area contributed by atoms with Gasteiger partial charge in [-0.15, -0.1) is 10.2 Å². The van der Waals surface area contributed by atoms with Gasteiger partial charge in [0.1, 0.15) is 12.1 Å². The van der Waals surface area contributed by atoms with Crippen molar-refractivity contribution >= 4 is 11.6 Å². The van der Waals surface area contributed by atoms with E-state index in [9.17, 15) is 9.18 Å². The van der Waals surface area contributed by atoms with Gasteiger partial charge in [-0.3, -0.25) is 4.79 Å². The molecule has 0 aliphatic heterocycles. The molecule has 0 atom stereocenters. The molecule has 124 valence electrons. The SMILES string of the molecule is Cc1nn2cnnc2c(C)c1CCC(=O)NCc1ccc(F)cc1. The van der Waals surface area contributed by atoms with Crippen molar-refractivity contribution in [2.45, 2.75) is 33.2 Å². The van der Waals surface area contributed by atoms with E-state index in [0.29, 0.717) is 25.0 Å². The Morgan fingerprint density at radius 1 is 1.25 bits per heavy atom. The van der Waals surface area contributed by atoms with Crippen LogP contribution in [0.15, 0.2) is 30.6 Å². The minimum atomic E-state index is -0.285. The predicted molar refractivity (Wildman–Crippen MR) is 86.8 cm³/mol. The average molecular weight is 327 g/mol. The molecule has 2 aromatic heterocycles. The summed E-state index contributed by atoms with van der Waals surface area (Å²) in [6, 6.07) is 6.08. The third-order valence-corrected chi connectivity index (χ3v) is 4.02. The van der Waals surface area contributed by atoms with E-state index >= 15 is 0 Å². The van der Waals surface area contributed by atoms with Gasteiger partial charge >= 0.3 is 0 Å². The lowest BCUT2D eigenvalue weighted by Gasteiger charge is -2.10. The highest BCUT2D eigenvalue weighted by Crippen LogP contribution is 2.17. The molecular weight excluding hydrogens is 309 g/mol. The number of aromatic nitrogens is 4. The fourth-order valence-corrected chi connectivity index (χ4v) is 2.68. The summed E-state index contributed by atoms with van der Waals surface area (Å²) in [5.41, 5.74) is 4.45. The van der Waals surface area contributed by atoms with Crippen LogP contribution < -0.4 is 5.32 Å². The molecule has 1 N–H and O–H groups in total. The van der Waals surface area contributed by atoms with Crippen molar-refractivity contribution in [1.29, 1.82) is 0 Å². The van der Waals surface area contributed by atoms with Crippen LogP contribution >= 0.6 is 0 Å². The maximum absolute atomic E-state index is 12.9. The number of aryl methyl sites for hydroxylation is 2. The van der Waals surface area contributed by atoms with Gasteiger partial charge in [-0.05, 0) is 43.5 Å². The van der Waals surface area contributed by atoms with Gasteiger partial charge in [-0.25, -0.2) is 8.91 Å². The van der Waals surface area contributed by atoms with Crippen molar-refractivity contribution in [3.05, 3.63) is 58.8 Å². The summed E-state index contributed by atoms with van der Waals surface area (Å²) in [6.45, 7) is 4.27. The molecule has 0 unspecified atom stereocenters. The molecule has 1 aromatic carbocycles. The van der Waals surface area contributed by atoms with Crippen molar-refractivity contribution in [3.8, 4) is 0 Å². The normalized spacial score (nSPS) is 11.0. The molecule has 6 nitrogen and oxygen atoms in total. The summed E-state index contributed by atoms with van der Waals surface area (Å²) >= 11 is 0. The number of nitrogens with one attached hydrogen (secondary N) is 1. The lowest BCUT2D eigenvalue weighted by atomic mass is 10.0. The molecule has 0 aliphatic rings. The summed E-state index contributed by atoms with van der Waals surface area (Å²) in [6.07, 6.45) is 2.51. The van der Waals surface area contributed by atoms with Crippen LogP contribution in [0, 0.1) is 19.7 Å². The largest absolute Gasteiger partial charge is 0.352 e. The molecule has 2 heterocycles. The third kappa shape index (κ3) is 3.40. The monoisotopic (exact) mass is 327 g/mol. The Labute approximate surface area is 138 Å². The van der Waals surface area contributed by atoms with Crippen LogP contribution in [0.3, 0.4) is 0 Å². The van der Waals surface area contributed by atoms with Gasteiger partial charge in [0.05, 0.1) is 5.69 Å². The van der Waals surface area contributed by atoms with E-state index in [1.165, 1.54) is 12.1 Å². The van der Waals surface area contributed by atoms with Gasteiger partial charge in [0.25, 0.3) is 0 Å². The molecule has 24 heavy (non-hydrogen) atoms. The Balaban J connectivity index is 1.61. The zero-order valence-corrected chi connectivity index (χ0v) is 13.6. The second-order valence-corrected chi connectivity index (χ2v) is 5.69. The van der Waals surface area contributed by atoms with Crippen molar-refractivity contribution in [2.75, 3.05) is 0 Å². The summed E-state index contributed by atoms with van der Waals surface area (Å²) < 4.78 is 14.5. The smallest absolute Gasteiger partial charge is 0.220 e. The average Bonchev–Trinajstić information content (AvgIpc) is 3.02. The van der Waals surface area contributed by atoms with E-state index in [1.54, 1.807) is 23.0 Å². The molecule has 0 aliphatic carbocycles. The molecule has 1 amide bonds. The Kier molecular flexibility index (Phi) is 4.50. The van der Waals surface area contributed by atoms with Crippen molar-refractivity contribution in [1.82, 2.24) is 25.1 Å². The molecule has 3 rings (SSSR count). The van der Waals surface area contributed by atoms with E-state index in [-0.39, 0.29) is 11.7 Å². The minimum Gasteiger partial charge on any atom is -0.352 e. The second-order valence-electron chi connectivity index (χ2n) is 5.69. The summed E-state index contributed by atoms with van der Waals surface area (Å²) in [7, 11) is 0. The second kappa shape index (κ2) is 6.74. The molecule has 0 radical (unpaired) electrons. The van der Waals surface area contributed by atoms with Gasteiger partial charge in [-0.2, -0.15) is 5.10 Å². The van der Waals surface area contributed by atoms with Crippen molar-refractivity contribution in [3.63, 3.8) is 0 Å². The molecular formula is C17H18FN5O. The number of fused-ring (bicyclic) bond motifs is 1. The maximum atomic E-state index is 12.9. The number of halogens is 1. The summed E-state index contributed by atoms with van der Waals surface area (Å²) in [5, 5.41) is 15.1. The van der Waals surface area contributed by atoms with Gasteiger partial charge in [-0.1, -0.05) is 12.1 Å². The first-order chi connectivity index (χ1) is 11.5. The van der Waals surface area contributed by atoms with Crippen molar-refractivity contribution < 1.29 is 9.18 Å². The van der Waals surface area contributed by atoms with Crippen LogP contribution in [0.5, 0.6) is 0 Å². The third-order valence-electron chi connectivity index (χ3n) is 4.02. The first kappa shape index (κ1) is 16.0. The van der Waals surface area contributed by atoms with Crippen molar-refractivity contribution in [2.24, 2.45) is 0 Å². The van der Waals surface area contributed by atoms with Crippen LogP contribution in [0.2, 0.25) is 0 Å². The number of carbonyl (C=O) groups is 1. The highest BCUT2D eigenvalue weighted by atomic mass is 19.1. The summed E-state index contributed by atoms with van der Waals surface area (Å²) in [4.78, 5) is 12.1. The number of benzene rings is 1. The van der Waals surface area contributed by atoms with Gasteiger partial charge in [0, 0.05) is 18.5 Å². The van der Waals surface area contributed by atoms with Crippen LogP contribution in [0.1, 0.15) is 28.8 Å². The Hall–Kier alpha value is -2.83. The number of rotatable bonds is 5. The lowest BCUT2D eigenvalue weighted by Crippen LogP contribution is -2.23. The number of hydrogen-bond donors (Lipinski definition) is 1. The zero-order valence-electron chi connectivity index (χ0n) is 13.6. The van der Waals surface area contributed by atoms with Crippen LogP contribution in [-0.4, -0.2) is 25.7 Å². The first-order valence-corrected chi connectivity index (χ1v) is 7.72. The van der Waals surface area contributed by atoms with E-state index in [0.717, 1.165) is 22.4 Å². The standard InChI is InChI=1S/C17H18FN5O/c1-11-15(12(2)22-23-10-20-21-17(11)23)7-8-16(24)19-9-13-3-5-14(18)6-4-13/h3-6,10H,7-9H2,1-2H3,(H,19,24). The van der Waals surface area contributed by atoms with E-state index < -0.39 is 0 Å². The molecule has 0 bridgehead atoms. The highest BCUT2D eigenvalue weighted by Gasteiger charge is 2.12. The number of hydrogen-bond acceptors (Lipinski definition) is 4. The van der Waals surface area contributed by atoms with E-state index in [2.05, 4.69) is 20.6 Å². The molecule has 0 saturated carbocycles. The number of nitrogens with zero attached hydrogens (tertiary/aromatic N) is 4. The van der Waals surface area contributed by atoms with Crippen LogP contribution in [0.25, 0.3) is 5.65 Å². The Morgan fingerprint density at radius 2 is 2.00 bits per heavy atom. The van der Waals surface area contributed by atoms with Gasteiger partial charge in [0.2, 0.25) is 5.91 Å². The predicted octanol–water partition coefficient (Wildman–Crippen LogP) is 2.13. The van der Waals surface area contributed by atoms with E-state index in [1.807, 2.05) is 13.8 Å². The first-order valence-electron chi connectivity index (χ1n) is 7.72. The molecule has 0 fully saturated rings. The lowest BCUT2D eigenvalue weighted by molar-refractivity contribution is -0.121. The summed E-state index contributed by atoms with van der Waals surface area (Å²) in [5.74, 6) is -0.341.